The number of carbonyl (C=O) groups is 2. The molecule has 5 nitrogen and oxygen atoms in total. The zero-order valence-electron chi connectivity index (χ0n) is 12.8. The van der Waals surface area contributed by atoms with Crippen molar-refractivity contribution in [3.63, 3.8) is 0 Å². The topological polar surface area (TPSA) is 69.6 Å². The van der Waals surface area contributed by atoms with Crippen molar-refractivity contribution in [2.75, 3.05) is 18.1 Å². The van der Waals surface area contributed by atoms with Crippen LogP contribution >= 0.6 is 11.6 Å². The summed E-state index contributed by atoms with van der Waals surface area (Å²) in [6.45, 7) is 4.13. The van der Waals surface area contributed by atoms with Crippen molar-refractivity contribution in [2.24, 2.45) is 5.92 Å². The Kier molecular flexibility index (Phi) is 5.42. The minimum Gasteiger partial charge on any atom is -0.396 e. The number of aliphatic hydroxyl groups is 1. The number of amides is 2. The van der Waals surface area contributed by atoms with Crippen LogP contribution in [0.4, 0.5) is 5.69 Å². The minimum absolute atomic E-state index is 0.0267. The van der Waals surface area contributed by atoms with E-state index in [4.69, 9.17) is 16.7 Å². The van der Waals surface area contributed by atoms with E-state index in [1.54, 1.807) is 17.0 Å². The summed E-state index contributed by atoms with van der Waals surface area (Å²) in [4.78, 5) is 26.1. The number of anilines is 1. The molecule has 0 radical (unpaired) electrons. The molecule has 0 aromatic heterocycles. The fourth-order valence-electron chi connectivity index (χ4n) is 2.62. The van der Waals surface area contributed by atoms with Crippen LogP contribution in [-0.4, -0.2) is 36.1 Å². The van der Waals surface area contributed by atoms with E-state index in [0.29, 0.717) is 18.0 Å². The molecule has 2 atom stereocenters. The number of nitrogens with one attached hydrogen (secondary N) is 1. The second kappa shape index (κ2) is 7.11. The van der Waals surface area contributed by atoms with Gasteiger partial charge < -0.3 is 15.3 Å². The van der Waals surface area contributed by atoms with Gasteiger partial charge in [0.2, 0.25) is 11.8 Å². The standard InChI is InChI=1S/C16H21ClN2O3/c1-10-3-4-13(17)8-14(10)19-9-12(7-15(19)21)16(22)18-11(2)5-6-20/h3-4,8,11-12,20H,5-7,9H2,1-2H3,(H,18,22). The van der Waals surface area contributed by atoms with Gasteiger partial charge in [-0.25, -0.2) is 0 Å². The van der Waals surface area contributed by atoms with Gasteiger partial charge in [0.1, 0.15) is 0 Å². The third-order valence-corrected chi connectivity index (χ3v) is 4.14. The van der Waals surface area contributed by atoms with Crippen LogP contribution in [0.3, 0.4) is 0 Å². The molecule has 1 aromatic carbocycles. The van der Waals surface area contributed by atoms with Gasteiger partial charge in [0, 0.05) is 36.3 Å². The summed E-state index contributed by atoms with van der Waals surface area (Å²) in [5.41, 5.74) is 1.71. The molecule has 0 spiro atoms. The van der Waals surface area contributed by atoms with Gasteiger partial charge in [-0.15, -0.1) is 0 Å². The molecule has 1 fully saturated rings. The SMILES string of the molecule is Cc1ccc(Cl)cc1N1CC(C(=O)NC(C)CCO)CC1=O. The van der Waals surface area contributed by atoms with Gasteiger partial charge in [-0.05, 0) is 38.0 Å². The highest BCUT2D eigenvalue weighted by Gasteiger charge is 2.36. The smallest absolute Gasteiger partial charge is 0.227 e. The molecule has 0 bridgehead atoms. The average molecular weight is 325 g/mol. The normalized spacial score (nSPS) is 19.4. The van der Waals surface area contributed by atoms with Gasteiger partial charge in [0.15, 0.2) is 0 Å². The van der Waals surface area contributed by atoms with Crippen LogP contribution in [0.15, 0.2) is 18.2 Å². The van der Waals surface area contributed by atoms with Crippen LogP contribution in [0, 0.1) is 12.8 Å². The van der Waals surface area contributed by atoms with Crippen LogP contribution in [0.5, 0.6) is 0 Å². The summed E-state index contributed by atoms with van der Waals surface area (Å²) >= 11 is 6.00. The third kappa shape index (κ3) is 3.78. The van der Waals surface area contributed by atoms with Gasteiger partial charge >= 0.3 is 0 Å². The fourth-order valence-corrected chi connectivity index (χ4v) is 2.78. The summed E-state index contributed by atoms with van der Waals surface area (Å²) in [6, 6.07) is 5.29. The first-order chi connectivity index (χ1) is 10.4. The number of hydrogen-bond donors (Lipinski definition) is 2. The van der Waals surface area contributed by atoms with Gasteiger partial charge in [0.05, 0.1) is 5.92 Å². The highest BCUT2D eigenvalue weighted by atomic mass is 35.5. The van der Waals surface area contributed by atoms with E-state index in [0.717, 1.165) is 11.3 Å². The maximum Gasteiger partial charge on any atom is 0.227 e. The highest BCUT2D eigenvalue weighted by molar-refractivity contribution is 6.31. The van der Waals surface area contributed by atoms with E-state index in [-0.39, 0.29) is 36.8 Å². The number of halogens is 1. The van der Waals surface area contributed by atoms with E-state index in [1.165, 1.54) is 0 Å². The predicted octanol–water partition coefficient (Wildman–Crippen LogP) is 1.89. The fraction of sp³-hybridized carbons (Fsp3) is 0.500. The van der Waals surface area contributed by atoms with Crippen molar-refractivity contribution in [1.82, 2.24) is 5.32 Å². The quantitative estimate of drug-likeness (QED) is 0.869. The number of aliphatic hydroxyl groups excluding tert-OH is 1. The molecular formula is C16H21ClN2O3. The van der Waals surface area contributed by atoms with E-state index < -0.39 is 0 Å². The molecule has 2 unspecified atom stereocenters. The zero-order chi connectivity index (χ0) is 16.3. The van der Waals surface area contributed by atoms with E-state index >= 15 is 0 Å². The summed E-state index contributed by atoms with van der Waals surface area (Å²) in [6.07, 6.45) is 0.702. The summed E-state index contributed by atoms with van der Waals surface area (Å²) in [5.74, 6) is -0.580. The average Bonchev–Trinajstić information content (AvgIpc) is 2.84. The first-order valence-electron chi connectivity index (χ1n) is 7.40. The molecule has 120 valence electrons. The van der Waals surface area contributed by atoms with Crippen LogP contribution in [0.25, 0.3) is 0 Å². The lowest BCUT2D eigenvalue weighted by molar-refractivity contribution is -0.126. The Labute approximate surface area is 135 Å². The number of benzene rings is 1. The lowest BCUT2D eigenvalue weighted by Gasteiger charge is -2.20. The molecule has 2 amide bonds. The van der Waals surface area contributed by atoms with Gasteiger partial charge in [-0.1, -0.05) is 17.7 Å². The highest BCUT2D eigenvalue weighted by Crippen LogP contribution is 2.30. The summed E-state index contributed by atoms with van der Waals surface area (Å²) < 4.78 is 0. The number of rotatable bonds is 5. The lowest BCUT2D eigenvalue weighted by atomic mass is 10.1. The third-order valence-electron chi connectivity index (χ3n) is 3.91. The summed E-state index contributed by atoms with van der Waals surface area (Å²) in [5, 5.41) is 12.3. The van der Waals surface area contributed by atoms with Crippen LogP contribution in [0.2, 0.25) is 5.02 Å². The van der Waals surface area contributed by atoms with Crippen molar-refractivity contribution in [1.29, 1.82) is 0 Å². The maximum atomic E-state index is 12.2. The molecule has 0 aliphatic carbocycles. The largest absolute Gasteiger partial charge is 0.396 e. The Hall–Kier alpha value is -1.59. The van der Waals surface area contributed by atoms with Crippen molar-refractivity contribution in [3.05, 3.63) is 28.8 Å². The van der Waals surface area contributed by atoms with E-state index in [9.17, 15) is 9.59 Å². The van der Waals surface area contributed by atoms with Gasteiger partial charge in [-0.3, -0.25) is 9.59 Å². The van der Waals surface area contributed by atoms with Crippen molar-refractivity contribution in [3.8, 4) is 0 Å². The molecule has 2 rings (SSSR count). The number of aryl methyl sites for hydroxylation is 1. The molecule has 1 aliphatic rings. The van der Waals surface area contributed by atoms with Crippen LogP contribution < -0.4 is 10.2 Å². The molecule has 22 heavy (non-hydrogen) atoms. The Balaban J connectivity index is 2.07. The Morgan fingerprint density at radius 3 is 2.95 bits per heavy atom. The molecule has 0 saturated carbocycles. The van der Waals surface area contributed by atoms with E-state index in [2.05, 4.69) is 5.32 Å². The Morgan fingerprint density at radius 1 is 1.55 bits per heavy atom. The lowest BCUT2D eigenvalue weighted by Crippen LogP contribution is -2.38. The van der Waals surface area contributed by atoms with Crippen LogP contribution in [-0.2, 0) is 9.59 Å². The monoisotopic (exact) mass is 324 g/mol. The van der Waals surface area contributed by atoms with Crippen LogP contribution in [0.1, 0.15) is 25.3 Å². The minimum atomic E-state index is -0.368. The van der Waals surface area contributed by atoms with Crippen molar-refractivity contribution in [2.45, 2.75) is 32.7 Å². The summed E-state index contributed by atoms with van der Waals surface area (Å²) in [7, 11) is 0. The second-order valence-corrected chi connectivity index (χ2v) is 6.19. The van der Waals surface area contributed by atoms with Gasteiger partial charge in [-0.2, -0.15) is 0 Å². The molecule has 1 aromatic rings. The van der Waals surface area contributed by atoms with Gasteiger partial charge in [0.25, 0.3) is 0 Å². The molecule has 1 heterocycles. The maximum absolute atomic E-state index is 12.2. The number of hydrogen-bond acceptors (Lipinski definition) is 3. The molecule has 1 saturated heterocycles. The first kappa shape index (κ1) is 16.8. The Bertz CT molecular complexity index is 577. The number of carbonyl (C=O) groups excluding carboxylic acids is 2. The molecule has 2 N–H and O–H groups in total. The van der Waals surface area contributed by atoms with Crippen molar-refractivity contribution < 1.29 is 14.7 Å². The second-order valence-electron chi connectivity index (χ2n) is 5.76. The molecule has 1 aliphatic heterocycles. The van der Waals surface area contributed by atoms with Crippen molar-refractivity contribution >= 4 is 29.1 Å². The first-order valence-corrected chi connectivity index (χ1v) is 7.78. The zero-order valence-corrected chi connectivity index (χ0v) is 13.6. The molecule has 6 heteroatoms. The Morgan fingerprint density at radius 2 is 2.27 bits per heavy atom. The molecular weight excluding hydrogens is 304 g/mol. The van der Waals surface area contributed by atoms with E-state index in [1.807, 2.05) is 19.9 Å². The predicted molar refractivity (Wildman–Crippen MR) is 86.0 cm³/mol. The number of nitrogens with zero attached hydrogens (tertiary/aromatic N) is 1.